The van der Waals surface area contributed by atoms with Crippen LogP contribution in [-0.2, 0) is 21.2 Å². The van der Waals surface area contributed by atoms with E-state index in [9.17, 15) is 18.3 Å². The molecular weight excluding hydrogens is 436 g/mol. The van der Waals surface area contributed by atoms with Gasteiger partial charge in [-0.05, 0) is 54.9 Å². The molecule has 0 aliphatic heterocycles. The summed E-state index contributed by atoms with van der Waals surface area (Å²) in [7, 11) is -4.06. The average Bonchev–Trinajstić information content (AvgIpc) is 3.25. The zero-order valence-electron chi connectivity index (χ0n) is 18.6. The highest BCUT2D eigenvalue weighted by Crippen LogP contribution is 2.20. The van der Waals surface area contributed by atoms with Gasteiger partial charge >= 0.3 is 5.97 Å². The lowest BCUT2D eigenvalue weighted by Crippen LogP contribution is -2.42. The molecule has 0 aliphatic carbocycles. The number of hydrogen-bond acceptors (Lipinski definition) is 3. The highest BCUT2D eigenvalue weighted by atomic mass is 32.2. The molecule has 6 nitrogen and oxygen atoms in total. The van der Waals surface area contributed by atoms with E-state index in [1.54, 1.807) is 18.3 Å². The predicted octanol–water partition coefficient (Wildman–Crippen LogP) is 3.85. The summed E-state index contributed by atoms with van der Waals surface area (Å²) < 4.78 is 35.4. The number of aromatic nitrogens is 1. The number of aliphatic carboxylic acids is 1. The van der Waals surface area contributed by atoms with E-state index in [0.29, 0.717) is 11.1 Å². The largest absolute Gasteiger partial charge is 0.480 e. The van der Waals surface area contributed by atoms with E-state index in [1.165, 1.54) is 12.1 Å². The lowest BCUT2D eigenvalue weighted by molar-refractivity contribution is -0.138. The van der Waals surface area contributed by atoms with Crippen LogP contribution in [0.2, 0.25) is 0 Å². The van der Waals surface area contributed by atoms with Crippen molar-refractivity contribution in [3.8, 4) is 11.8 Å². The van der Waals surface area contributed by atoms with Crippen molar-refractivity contribution < 1.29 is 19.7 Å². The zero-order valence-corrected chi connectivity index (χ0v) is 18.4. The molecule has 1 aromatic heterocycles. The molecule has 0 saturated carbocycles. The molecule has 1 atom stereocenters. The van der Waals surface area contributed by atoms with E-state index in [4.69, 9.17) is 1.37 Å². The first kappa shape index (κ1) is 21.0. The highest BCUT2D eigenvalue weighted by molar-refractivity contribution is 7.89. The molecule has 0 aliphatic rings. The van der Waals surface area contributed by atoms with Crippen molar-refractivity contribution in [1.82, 2.24) is 9.71 Å². The van der Waals surface area contributed by atoms with Gasteiger partial charge in [0, 0.05) is 36.0 Å². The first-order chi connectivity index (χ1) is 16.4. The van der Waals surface area contributed by atoms with Crippen LogP contribution in [-0.4, -0.2) is 30.5 Å². The van der Waals surface area contributed by atoms with Gasteiger partial charge in [-0.3, -0.25) is 4.79 Å². The first-order valence-electron chi connectivity index (χ1n) is 10.9. The minimum atomic E-state index is -4.06. The predicted molar refractivity (Wildman–Crippen MR) is 127 cm³/mol. The van der Waals surface area contributed by atoms with E-state index >= 15 is 0 Å². The third kappa shape index (κ3) is 5.32. The van der Waals surface area contributed by atoms with Gasteiger partial charge in [0.25, 0.3) is 0 Å². The van der Waals surface area contributed by atoms with Gasteiger partial charge in [0.15, 0.2) is 0 Å². The number of sulfonamides is 1. The van der Waals surface area contributed by atoms with Crippen LogP contribution in [0.25, 0.3) is 10.9 Å². The molecule has 3 N–H and O–H groups in total. The molecular formula is C26H22N2O4S. The van der Waals surface area contributed by atoms with Crippen LogP contribution in [0.1, 0.15) is 23.6 Å². The van der Waals surface area contributed by atoms with Gasteiger partial charge in [0.05, 0.1) is 4.90 Å². The van der Waals surface area contributed by atoms with Gasteiger partial charge in [0.1, 0.15) is 6.04 Å². The molecule has 166 valence electrons. The standard InChI is InChI=1S/C26H22N2O4S/c1-18-6-8-19(9-7-18)10-11-20-12-14-22(15-13-20)33(31,32)28-25(26(29)30)16-21-17-27-24-5-3-2-4-23(21)24/h2-9,12-15,17,25,27-28H,16H2,1H3,(H,29,30)/t25-/m1/s1/i1D. The molecule has 0 unspecified atom stereocenters. The number of hydrogen-bond donors (Lipinski definition) is 3. The van der Waals surface area contributed by atoms with Crippen molar-refractivity contribution in [1.29, 1.82) is 0 Å². The Hall–Kier alpha value is -3.86. The second-order valence-electron chi connectivity index (χ2n) is 7.55. The molecule has 0 spiro atoms. The molecule has 4 aromatic rings. The van der Waals surface area contributed by atoms with Crippen molar-refractivity contribution in [3.05, 3.63) is 101 Å². The summed E-state index contributed by atoms with van der Waals surface area (Å²) >= 11 is 0. The van der Waals surface area contributed by atoms with Crippen molar-refractivity contribution >= 4 is 26.9 Å². The van der Waals surface area contributed by atoms with Gasteiger partial charge in [-0.25, -0.2) is 8.42 Å². The number of rotatable bonds is 6. The first-order valence-corrected chi connectivity index (χ1v) is 11.6. The Morgan fingerprint density at radius 1 is 1.03 bits per heavy atom. The molecule has 0 fully saturated rings. The van der Waals surface area contributed by atoms with Gasteiger partial charge in [0.2, 0.25) is 10.0 Å². The van der Waals surface area contributed by atoms with Crippen molar-refractivity contribution in [2.45, 2.75) is 24.3 Å². The average molecular weight is 460 g/mol. The van der Waals surface area contributed by atoms with Crippen LogP contribution in [0.3, 0.4) is 0 Å². The molecule has 4 rings (SSSR count). The van der Waals surface area contributed by atoms with E-state index in [0.717, 1.165) is 22.0 Å². The van der Waals surface area contributed by atoms with Crippen LogP contribution in [0, 0.1) is 18.7 Å². The summed E-state index contributed by atoms with van der Waals surface area (Å²) in [4.78, 5) is 14.9. The van der Waals surface area contributed by atoms with Gasteiger partial charge in [-0.1, -0.05) is 47.7 Å². The summed E-state index contributed by atoms with van der Waals surface area (Å²) in [6.45, 7) is 0.211. The third-order valence-corrected chi connectivity index (χ3v) is 6.65. The molecule has 0 saturated heterocycles. The van der Waals surface area contributed by atoms with Crippen LogP contribution in [0.4, 0.5) is 0 Å². The summed E-state index contributed by atoms with van der Waals surface area (Å²) in [5.41, 5.74) is 3.88. The Labute approximate surface area is 193 Å². The number of carboxylic acid groups (broad SMARTS) is 1. The summed E-state index contributed by atoms with van der Waals surface area (Å²) in [5.74, 6) is 4.72. The van der Waals surface area contributed by atoms with E-state index in [1.807, 2.05) is 48.5 Å². The number of nitrogens with one attached hydrogen (secondary N) is 2. The number of benzene rings is 3. The number of carboxylic acids is 1. The second-order valence-corrected chi connectivity index (χ2v) is 9.26. The molecule has 0 radical (unpaired) electrons. The molecule has 0 amide bonds. The molecule has 3 aromatic carbocycles. The van der Waals surface area contributed by atoms with E-state index < -0.39 is 22.0 Å². The number of fused-ring (bicyclic) bond motifs is 1. The van der Waals surface area contributed by atoms with Crippen LogP contribution >= 0.6 is 0 Å². The molecule has 0 bridgehead atoms. The minimum Gasteiger partial charge on any atom is -0.480 e. The Kier molecular flexibility index (Phi) is 5.94. The smallest absolute Gasteiger partial charge is 0.322 e. The van der Waals surface area contributed by atoms with Crippen LogP contribution < -0.4 is 4.72 Å². The fourth-order valence-corrected chi connectivity index (χ4v) is 4.59. The molecule has 7 heteroatoms. The van der Waals surface area contributed by atoms with Gasteiger partial charge < -0.3 is 10.1 Å². The number of aryl methyl sites for hydroxylation is 1. The highest BCUT2D eigenvalue weighted by Gasteiger charge is 2.26. The second kappa shape index (κ2) is 9.33. The fraction of sp³-hybridized carbons (Fsp3) is 0.115. The zero-order chi connectivity index (χ0) is 24.1. The lowest BCUT2D eigenvalue weighted by atomic mass is 10.1. The van der Waals surface area contributed by atoms with E-state index in [2.05, 4.69) is 21.5 Å². The maximum Gasteiger partial charge on any atom is 0.322 e. The summed E-state index contributed by atoms with van der Waals surface area (Å²) in [5, 5.41) is 10.5. The monoisotopic (exact) mass is 459 g/mol. The lowest BCUT2D eigenvalue weighted by Gasteiger charge is -2.14. The van der Waals surface area contributed by atoms with Crippen molar-refractivity contribution in [3.63, 3.8) is 0 Å². The van der Waals surface area contributed by atoms with Gasteiger partial charge in [-0.15, -0.1) is 0 Å². The molecule has 1 heterocycles. The maximum absolute atomic E-state index is 12.9. The van der Waals surface area contributed by atoms with Crippen LogP contribution in [0.15, 0.2) is 83.9 Å². The number of H-pyrrole nitrogens is 1. The fourth-order valence-electron chi connectivity index (χ4n) is 3.40. The maximum atomic E-state index is 12.9. The number of para-hydroxylation sites is 1. The van der Waals surface area contributed by atoms with Crippen molar-refractivity contribution in [2.75, 3.05) is 0 Å². The Morgan fingerprint density at radius 2 is 1.67 bits per heavy atom. The summed E-state index contributed by atoms with van der Waals surface area (Å²) in [6, 6.07) is 19.4. The minimum absolute atomic E-state index is 0.00114. The Bertz CT molecular complexity index is 1480. The Morgan fingerprint density at radius 3 is 2.30 bits per heavy atom. The van der Waals surface area contributed by atoms with Crippen LogP contribution in [0.5, 0.6) is 0 Å². The third-order valence-electron chi connectivity index (χ3n) is 5.16. The quantitative estimate of drug-likeness (QED) is 0.382. The van der Waals surface area contributed by atoms with Gasteiger partial charge in [-0.2, -0.15) is 4.72 Å². The SMILES string of the molecule is [2H]Cc1ccc(C#Cc2ccc(S(=O)(=O)N[C@H](Cc3c[nH]c4ccccc34)C(=O)O)cc2)cc1. The number of carbonyl (C=O) groups is 1. The Balaban J connectivity index is 1.49. The molecule has 33 heavy (non-hydrogen) atoms. The normalized spacial score (nSPS) is 12.5. The van der Waals surface area contributed by atoms with Crippen molar-refractivity contribution in [2.24, 2.45) is 0 Å². The van der Waals surface area contributed by atoms with E-state index in [-0.39, 0.29) is 18.2 Å². The number of aromatic amines is 1. The summed E-state index contributed by atoms with van der Waals surface area (Å²) in [6.07, 6.45) is 1.70. The topological polar surface area (TPSA) is 99.3 Å².